The lowest BCUT2D eigenvalue weighted by Gasteiger charge is -2.33. The molecular formula is C47H61BrN8O6. The summed E-state index contributed by atoms with van der Waals surface area (Å²) in [5.41, 5.74) is 1.60. The normalized spacial score (nSPS) is 20.8. The van der Waals surface area contributed by atoms with Crippen molar-refractivity contribution in [3.05, 3.63) is 81.3 Å². The number of carbonyl (C=O) groups is 5. The highest BCUT2D eigenvalue weighted by Crippen LogP contribution is 2.29. The summed E-state index contributed by atoms with van der Waals surface area (Å²) >= 11 is 3.55. The lowest BCUT2D eigenvalue weighted by Crippen LogP contribution is -2.46. The molecule has 4 amide bonds. The maximum Gasteiger partial charge on any atom is 0.326 e. The molecule has 0 aliphatic carbocycles. The minimum atomic E-state index is -1.19. The minimum Gasteiger partial charge on any atom is -0.480 e. The molecule has 1 aromatic carbocycles. The molecule has 4 saturated heterocycles. The van der Waals surface area contributed by atoms with E-state index in [0.717, 1.165) is 101 Å². The Morgan fingerprint density at radius 3 is 1.66 bits per heavy atom. The summed E-state index contributed by atoms with van der Waals surface area (Å²) in [6.07, 6.45) is 10.9. The molecule has 7 rings (SSSR count). The molecule has 0 radical (unpaired) electrons. The number of nitrogens with zero attached hydrogens (tertiary/aromatic N) is 6. The Balaban J connectivity index is 1.27. The molecule has 4 fully saturated rings. The first-order valence-electron chi connectivity index (χ1n) is 22.7. The van der Waals surface area contributed by atoms with Crippen molar-refractivity contribution in [1.29, 1.82) is 0 Å². The molecule has 332 valence electrons. The number of piperidine rings is 2. The van der Waals surface area contributed by atoms with Gasteiger partial charge in [-0.25, -0.2) is 14.8 Å². The van der Waals surface area contributed by atoms with Crippen molar-refractivity contribution in [2.75, 3.05) is 52.4 Å². The van der Waals surface area contributed by atoms with Crippen molar-refractivity contribution >= 4 is 45.5 Å². The third-order valence-corrected chi connectivity index (χ3v) is 13.9. The number of halogens is 1. The lowest BCUT2D eigenvalue weighted by molar-refractivity contribution is -0.140. The summed E-state index contributed by atoms with van der Waals surface area (Å²) in [6, 6.07) is 12.7. The van der Waals surface area contributed by atoms with Gasteiger partial charge >= 0.3 is 5.97 Å². The van der Waals surface area contributed by atoms with Crippen LogP contribution in [0.3, 0.4) is 0 Å². The maximum absolute atomic E-state index is 14.6. The largest absolute Gasteiger partial charge is 0.480 e. The molecule has 15 heteroatoms. The van der Waals surface area contributed by atoms with Gasteiger partial charge in [0.05, 0.1) is 0 Å². The molecular weight excluding hydrogens is 852 g/mol. The zero-order chi connectivity index (χ0) is 43.8. The van der Waals surface area contributed by atoms with Gasteiger partial charge in [0.15, 0.2) is 0 Å². The van der Waals surface area contributed by atoms with Crippen LogP contribution in [0.1, 0.15) is 132 Å². The number of amides is 4. The number of benzene rings is 1. The number of aliphatic carboxylic acids is 1. The summed E-state index contributed by atoms with van der Waals surface area (Å²) in [5.74, 6) is -3.40. The van der Waals surface area contributed by atoms with E-state index in [2.05, 4.69) is 46.3 Å². The van der Waals surface area contributed by atoms with Crippen LogP contribution in [-0.4, -0.2) is 135 Å². The second kappa shape index (κ2) is 21.1. The van der Waals surface area contributed by atoms with E-state index in [1.54, 1.807) is 25.1 Å². The summed E-state index contributed by atoms with van der Waals surface area (Å²) in [5, 5.41) is 15.7. The fourth-order valence-electron chi connectivity index (χ4n) is 9.41. The number of carboxylic acids is 1. The number of nitrogens with one attached hydrogen (secondary N) is 2. The van der Waals surface area contributed by atoms with Gasteiger partial charge in [-0.05, 0) is 130 Å². The highest BCUT2D eigenvalue weighted by Gasteiger charge is 2.35. The van der Waals surface area contributed by atoms with Crippen LogP contribution in [0.25, 0.3) is 11.1 Å². The first kappa shape index (κ1) is 45.3. The van der Waals surface area contributed by atoms with Gasteiger partial charge in [-0.3, -0.25) is 19.2 Å². The van der Waals surface area contributed by atoms with Crippen LogP contribution < -0.4 is 10.6 Å². The number of carbonyl (C=O) groups excluding carboxylic acids is 4. The quantitative estimate of drug-likeness (QED) is 0.159. The third kappa shape index (κ3) is 11.1. The fraction of sp³-hybridized carbons (Fsp3) is 0.553. The van der Waals surface area contributed by atoms with Gasteiger partial charge in [-0.15, -0.1) is 0 Å². The number of likely N-dealkylation sites (tertiary alicyclic amines) is 4. The number of hydrogen-bond donors (Lipinski definition) is 3. The second-order valence-corrected chi connectivity index (χ2v) is 18.4. The Morgan fingerprint density at radius 1 is 0.694 bits per heavy atom. The summed E-state index contributed by atoms with van der Waals surface area (Å²) in [7, 11) is 0. The maximum atomic E-state index is 14.6. The van der Waals surface area contributed by atoms with Gasteiger partial charge in [0.2, 0.25) is 0 Å². The van der Waals surface area contributed by atoms with Gasteiger partial charge in [-0.1, -0.05) is 67.2 Å². The van der Waals surface area contributed by atoms with Crippen LogP contribution in [0.5, 0.6) is 0 Å². The fourth-order valence-corrected chi connectivity index (χ4v) is 9.84. The summed E-state index contributed by atoms with van der Waals surface area (Å²) < 4.78 is 0.834. The van der Waals surface area contributed by atoms with Crippen LogP contribution in [-0.2, 0) is 11.3 Å². The van der Waals surface area contributed by atoms with Crippen molar-refractivity contribution in [2.24, 2.45) is 5.92 Å². The van der Waals surface area contributed by atoms with Gasteiger partial charge in [0.25, 0.3) is 23.6 Å². The molecule has 4 atom stereocenters. The van der Waals surface area contributed by atoms with Crippen LogP contribution in [0.2, 0.25) is 0 Å². The molecule has 3 N–H and O–H groups in total. The van der Waals surface area contributed by atoms with Gasteiger partial charge in [0, 0.05) is 49.3 Å². The Hall–Kier alpha value is -4.73. The van der Waals surface area contributed by atoms with E-state index >= 15 is 0 Å². The van der Waals surface area contributed by atoms with E-state index in [9.17, 15) is 29.1 Å². The predicted molar refractivity (Wildman–Crippen MR) is 240 cm³/mol. The number of rotatable bonds is 15. The number of pyridine rings is 2. The van der Waals surface area contributed by atoms with Crippen LogP contribution >= 0.6 is 15.9 Å². The van der Waals surface area contributed by atoms with E-state index in [0.29, 0.717) is 30.6 Å². The molecule has 0 bridgehead atoms. The highest BCUT2D eigenvalue weighted by atomic mass is 79.9. The molecule has 4 aliphatic heterocycles. The number of aromatic nitrogens is 2. The molecule has 0 saturated carbocycles. The first-order chi connectivity index (χ1) is 30.0. The molecule has 4 aliphatic rings. The second-order valence-electron chi connectivity index (χ2n) is 17.5. The van der Waals surface area contributed by atoms with Crippen molar-refractivity contribution in [3.63, 3.8) is 0 Å². The smallest absolute Gasteiger partial charge is 0.326 e. The van der Waals surface area contributed by atoms with E-state index < -0.39 is 23.8 Å². The predicted octanol–water partition coefficient (Wildman–Crippen LogP) is 6.25. The van der Waals surface area contributed by atoms with Gasteiger partial charge in [-0.2, -0.15) is 0 Å². The lowest BCUT2D eigenvalue weighted by atomic mass is 9.98. The summed E-state index contributed by atoms with van der Waals surface area (Å²) in [6.45, 7) is 10.5. The average Bonchev–Trinajstić information content (AvgIpc) is 3.96. The van der Waals surface area contributed by atoms with E-state index in [1.165, 1.54) is 18.9 Å². The van der Waals surface area contributed by atoms with Crippen molar-refractivity contribution in [2.45, 2.75) is 109 Å². The monoisotopic (exact) mass is 912 g/mol. The molecule has 2 aromatic heterocycles. The Labute approximate surface area is 373 Å². The summed E-state index contributed by atoms with van der Waals surface area (Å²) in [4.78, 5) is 87.4. The standard InChI is InChI=1S/C47H61BrN8O6/c1-3-31(2)42(47(61)62)52-44(58)39-25-34(27-41(51-39)46(60)56-23-13-16-36(56)30-54-20-10-5-11-21-54)33-24-38(43(57)49-28-32-14-6-7-17-37(32)48)50-40(26-33)45(59)55-22-12-15-35(55)29-53-18-8-4-9-19-53/h6-7,14,17,24-27,31,35-36,42H,3-5,8-13,15-16,18-23,28-30H2,1-2H3,(H,49,57)(H,52,58)(H,61,62). The molecule has 62 heavy (non-hydrogen) atoms. The van der Waals surface area contributed by atoms with Crippen molar-refractivity contribution < 1.29 is 29.1 Å². The van der Waals surface area contributed by atoms with E-state index in [1.807, 2.05) is 41.0 Å². The average molecular weight is 914 g/mol. The Bertz CT molecular complexity index is 2110. The van der Waals surface area contributed by atoms with Gasteiger partial charge in [0.1, 0.15) is 28.8 Å². The highest BCUT2D eigenvalue weighted by molar-refractivity contribution is 9.10. The molecule has 14 nitrogen and oxygen atoms in total. The zero-order valence-corrected chi connectivity index (χ0v) is 37.7. The van der Waals surface area contributed by atoms with E-state index in [4.69, 9.17) is 0 Å². The SMILES string of the molecule is CCC(C)C(NC(=O)c1cc(-c2cc(C(=O)NCc3ccccc3Br)nc(C(=O)N3CCCC3CN3CCCCC3)c2)cc(C(=O)N2CCCC2CN2CCCCC2)n1)C(=O)O. The van der Waals surface area contributed by atoms with Crippen LogP contribution in [0.4, 0.5) is 0 Å². The van der Waals surface area contributed by atoms with Crippen LogP contribution in [0, 0.1) is 5.92 Å². The molecule has 4 unspecified atom stereocenters. The number of carboxylic acid groups (broad SMARTS) is 1. The number of hydrogen-bond acceptors (Lipinski definition) is 9. The van der Waals surface area contributed by atoms with Crippen molar-refractivity contribution in [1.82, 2.24) is 40.2 Å². The third-order valence-electron chi connectivity index (χ3n) is 13.2. The molecule has 6 heterocycles. The Kier molecular flexibility index (Phi) is 15.4. The Morgan fingerprint density at radius 2 is 1.18 bits per heavy atom. The van der Waals surface area contributed by atoms with Gasteiger partial charge < -0.3 is 35.3 Å². The molecule has 0 spiro atoms. The molecule has 3 aromatic rings. The zero-order valence-electron chi connectivity index (χ0n) is 36.1. The van der Waals surface area contributed by atoms with Crippen LogP contribution in [0.15, 0.2) is 53.0 Å². The first-order valence-corrected chi connectivity index (χ1v) is 23.4. The van der Waals surface area contributed by atoms with Crippen molar-refractivity contribution in [3.8, 4) is 11.1 Å². The topological polar surface area (TPSA) is 168 Å². The van der Waals surface area contributed by atoms with E-state index in [-0.39, 0.29) is 59.1 Å². The minimum absolute atomic E-state index is 0.00391.